The van der Waals surface area contributed by atoms with Gasteiger partial charge in [0.25, 0.3) is 5.91 Å². The highest BCUT2D eigenvalue weighted by Gasteiger charge is 2.16. The maximum absolute atomic E-state index is 12.2. The number of hydrogen-bond donors (Lipinski definition) is 2. The molecule has 1 N–H and O–H groups in total. The molecule has 0 saturated heterocycles. The summed E-state index contributed by atoms with van der Waals surface area (Å²) in [5.74, 6) is -0.119. The lowest BCUT2D eigenvalue weighted by atomic mass is 10.4. The third-order valence-corrected chi connectivity index (χ3v) is 1.71. The van der Waals surface area contributed by atoms with Crippen LogP contribution in [0.4, 0.5) is 8.78 Å². The van der Waals surface area contributed by atoms with Gasteiger partial charge in [0.15, 0.2) is 0 Å². The number of amides is 1. The van der Waals surface area contributed by atoms with Crippen LogP contribution in [0.3, 0.4) is 0 Å². The minimum absolute atomic E-state index is 0.151. The number of carbonyl (C=O) groups excluding carboxylic acids is 1. The summed E-state index contributed by atoms with van der Waals surface area (Å²) < 4.78 is 24.9. The summed E-state index contributed by atoms with van der Waals surface area (Å²) >= 11 is 3.87. The van der Waals surface area contributed by atoms with Crippen LogP contribution in [0.1, 0.15) is 17.0 Å². The van der Waals surface area contributed by atoms with Crippen LogP contribution in [0.25, 0.3) is 0 Å². The molecule has 0 saturated carbocycles. The first kappa shape index (κ1) is 11.0. The minimum atomic E-state index is -2.80. The van der Waals surface area contributed by atoms with Crippen LogP contribution in [0.5, 0.6) is 0 Å². The number of thiol groups is 1. The monoisotopic (exact) mass is 221 g/mol. The van der Waals surface area contributed by atoms with Crippen LogP contribution in [0.15, 0.2) is 12.3 Å². The Balaban J connectivity index is 2.74. The molecule has 78 valence electrons. The molecule has 1 heterocycles. The molecule has 0 aliphatic heterocycles. The van der Waals surface area contributed by atoms with E-state index in [4.69, 9.17) is 0 Å². The van der Waals surface area contributed by atoms with Crippen molar-refractivity contribution in [3.05, 3.63) is 18.0 Å². The van der Waals surface area contributed by atoms with E-state index in [1.54, 1.807) is 0 Å². The number of hydrogen-bond acceptors (Lipinski definition) is 3. The van der Waals surface area contributed by atoms with Crippen molar-refractivity contribution in [2.75, 3.05) is 12.3 Å². The van der Waals surface area contributed by atoms with Gasteiger partial charge in [0.2, 0.25) is 0 Å². The van der Waals surface area contributed by atoms with E-state index >= 15 is 0 Å². The van der Waals surface area contributed by atoms with Crippen molar-refractivity contribution in [3.8, 4) is 0 Å². The largest absolute Gasteiger partial charge is 0.350 e. The van der Waals surface area contributed by atoms with Crippen molar-refractivity contribution in [1.82, 2.24) is 15.1 Å². The van der Waals surface area contributed by atoms with Gasteiger partial charge in [-0.05, 0) is 6.07 Å². The van der Waals surface area contributed by atoms with Crippen LogP contribution >= 0.6 is 12.6 Å². The summed E-state index contributed by atoms with van der Waals surface area (Å²) in [5, 5.41) is 5.75. The molecule has 1 rings (SSSR count). The van der Waals surface area contributed by atoms with Crippen LogP contribution < -0.4 is 5.32 Å². The van der Waals surface area contributed by atoms with Crippen molar-refractivity contribution in [3.63, 3.8) is 0 Å². The van der Waals surface area contributed by atoms with E-state index < -0.39 is 12.5 Å². The standard InChI is InChI=1S/C7H9F2N3OS/c8-7(9)12-5(1-2-11-12)6(13)10-3-4-14/h1-2,7,14H,3-4H2,(H,10,13). The molecule has 14 heavy (non-hydrogen) atoms. The minimum Gasteiger partial charge on any atom is -0.350 e. The van der Waals surface area contributed by atoms with E-state index in [2.05, 4.69) is 23.0 Å². The van der Waals surface area contributed by atoms with E-state index in [9.17, 15) is 13.6 Å². The second kappa shape index (κ2) is 4.94. The van der Waals surface area contributed by atoms with Gasteiger partial charge >= 0.3 is 6.55 Å². The Bertz CT molecular complexity index is 316. The fourth-order valence-corrected chi connectivity index (χ4v) is 1.02. The van der Waals surface area contributed by atoms with E-state index in [1.165, 1.54) is 6.07 Å². The average molecular weight is 221 g/mol. The zero-order valence-corrected chi connectivity index (χ0v) is 8.05. The first-order valence-corrected chi connectivity index (χ1v) is 4.50. The summed E-state index contributed by atoms with van der Waals surface area (Å²) in [5.41, 5.74) is -0.151. The molecule has 1 aromatic rings. The highest BCUT2D eigenvalue weighted by Crippen LogP contribution is 2.11. The van der Waals surface area contributed by atoms with Crippen LogP contribution in [0, 0.1) is 0 Å². The number of nitrogens with zero attached hydrogens (tertiary/aromatic N) is 2. The molecular formula is C7H9F2N3OS. The SMILES string of the molecule is O=C(NCCS)c1ccnn1C(F)F. The molecule has 0 fully saturated rings. The fourth-order valence-electron chi connectivity index (χ4n) is 0.910. The average Bonchev–Trinajstić information content (AvgIpc) is 2.62. The van der Waals surface area contributed by atoms with Crippen molar-refractivity contribution in [1.29, 1.82) is 0 Å². The first-order valence-electron chi connectivity index (χ1n) is 3.87. The Hall–Kier alpha value is -1.11. The summed E-state index contributed by atoms with van der Waals surface area (Å²) in [6, 6.07) is 1.24. The number of rotatable bonds is 4. The van der Waals surface area contributed by atoms with Gasteiger partial charge in [-0.1, -0.05) is 0 Å². The summed E-state index contributed by atoms with van der Waals surface area (Å²) in [6.07, 6.45) is 1.15. The lowest BCUT2D eigenvalue weighted by molar-refractivity contribution is 0.0510. The van der Waals surface area contributed by atoms with Gasteiger partial charge in [0, 0.05) is 18.5 Å². The number of carbonyl (C=O) groups is 1. The van der Waals surface area contributed by atoms with Crippen molar-refractivity contribution < 1.29 is 13.6 Å². The Morgan fingerprint density at radius 2 is 2.43 bits per heavy atom. The third-order valence-electron chi connectivity index (χ3n) is 1.49. The predicted molar refractivity (Wildman–Crippen MR) is 49.7 cm³/mol. The van der Waals surface area contributed by atoms with Crippen LogP contribution in [-0.2, 0) is 0 Å². The lowest BCUT2D eigenvalue weighted by Gasteiger charge is -2.05. The number of aromatic nitrogens is 2. The summed E-state index contributed by atoms with van der Waals surface area (Å²) in [4.78, 5) is 11.3. The zero-order valence-electron chi connectivity index (χ0n) is 7.15. The maximum Gasteiger partial charge on any atom is 0.333 e. The molecule has 1 amide bonds. The Labute approximate surface area is 84.7 Å². The quantitative estimate of drug-likeness (QED) is 0.743. The van der Waals surface area contributed by atoms with Gasteiger partial charge in [-0.25, -0.2) is 0 Å². The predicted octanol–water partition coefficient (Wildman–Crippen LogP) is 0.938. The van der Waals surface area contributed by atoms with Gasteiger partial charge in [0.1, 0.15) is 5.69 Å². The van der Waals surface area contributed by atoms with Gasteiger partial charge in [-0.2, -0.15) is 31.2 Å². The molecule has 0 aliphatic rings. The third kappa shape index (κ3) is 2.44. The molecule has 0 unspecified atom stereocenters. The van der Waals surface area contributed by atoms with E-state index in [-0.39, 0.29) is 5.69 Å². The van der Waals surface area contributed by atoms with Gasteiger partial charge in [0.05, 0.1) is 0 Å². The first-order chi connectivity index (χ1) is 6.66. The van der Waals surface area contributed by atoms with Crippen LogP contribution in [0.2, 0.25) is 0 Å². The van der Waals surface area contributed by atoms with E-state index in [0.717, 1.165) is 6.20 Å². The molecule has 0 spiro atoms. The molecule has 1 aromatic heterocycles. The molecule has 7 heteroatoms. The fraction of sp³-hybridized carbons (Fsp3) is 0.429. The van der Waals surface area contributed by atoms with Gasteiger partial charge < -0.3 is 5.32 Å². The molecule has 0 atom stereocenters. The highest BCUT2D eigenvalue weighted by atomic mass is 32.1. The highest BCUT2D eigenvalue weighted by molar-refractivity contribution is 7.80. The van der Waals surface area contributed by atoms with Crippen molar-refractivity contribution in [2.24, 2.45) is 0 Å². The molecule has 0 aromatic carbocycles. The molecule has 0 bridgehead atoms. The Morgan fingerprint density at radius 3 is 3.00 bits per heavy atom. The van der Waals surface area contributed by atoms with E-state index in [0.29, 0.717) is 17.0 Å². The lowest BCUT2D eigenvalue weighted by Crippen LogP contribution is -2.28. The topological polar surface area (TPSA) is 46.9 Å². The molecule has 0 radical (unpaired) electrons. The normalized spacial score (nSPS) is 10.6. The molecular weight excluding hydrogens is 212 g/mol. The molecule has 4 nitrogen and oxygen atoms in total. The summed E-state index contributed by atoms with van der Waals surface area (Å²) in [6.45, 7) is -2.47. The Morgan fingerprint density at radius 1 is 1.71 bits per heavy atom. The van der Waals surface area contributed by atoms with Gasteiger partial charge in [-0.15, -0.1) is 0 Å². The Kier molecular flexibility index (Phi) is 3.87. The van der Waals surface area contributed by atoms with E-state index in [1.807, 2.05) is 0 Å². The number of alkyl halides is 2. The van der Waals surface area contributed by atoms with Crippen molar-refractivity contribution >= 4 is 18.5 Å². The number of nitrogens with one attached hydrogen (secondary N) is 1. The maximum atomic E-state index is 12.2. The summed E-state index contributed by atoms with van der Waals surface area (Å²) in [7, 11) is 0. The van der Waals surface area contributed by atoms with Gasteiger partial charge in [-0.3, -0.25) is 4.79 Å². The second-order valence-electron chi connectivity index (χ2n) is 2.42. The zero-order chi connectivity index (χ0) is 10.6. The molecule has 0 aliphatic carbocycles. The second-order valence-corrected chi connectivity index (χ2v) is 2.87. The number of halogens is 2. The smallest absolute Gasteiger partial charge is 0.333 e. The van der Waals surface area contributed by atoms with Crippen molar-refractivity contribution in [2.45, 2.75) is 6.55 Å². The van der Waals surface area contributed by atoms with Crippen LogP contribution in [-0.4, -0.2) is 28.0 Å².